The zero-order valence-electron chi connectivity index (χ0n) is 16.7. The van der Waals surface area contributed by atoms with Crippen molar-refractivity contribution in [3.8, 4) is 0 Å². The van der Waals surface area contributed by atoms with E-state index in [1.807, 2.05) is 26.0 Å². The van der Waals surface area contributed by atoms with Gasteiger partial charge in [-0.05, 0) is 37.9 Å². The number of hydrogen-bond acceptors (Lipinski definition) is 2. The fraction of sp³-hybridized carbons (Fsp3) is 0.591. The van der Waals surface area contributed by atoms with Crippen LogP contribution in [0.5, 0.6) is 0 Å². The lowest BCUT2D eigenvalue weighted by atomic mass is 9.71. The van der Waals surface area contributed by atoms with E-state index < -0.39 is 0 Å². The summed E-state index contributed by atoms with van der Waals surface area (Å²) in [7, 11) is 0. The Labute approximate surface area is 152 Å². The molecule has 3 nitrogen and oxygen atoms in total. The van der Waals surface area contributed by atoms with Gasteiger partial charge in [-0.2, -0.15) is 0 Å². The number of fused-ring (bicyclic) bond motifs is 5. The highest BCUT2D eigenvalue weighted by molar-refractivity contribution is 5.87. The van der Waals surface area contributed by atoms with Gasteiger partial charge in [0.2, 0.25) is 0 Å². The van der Waals surface area contributed by atoms with Gasteiger partial charge in [0, 0.05) is 39.6 Å². The molecule has 1 aliphatic carbocycles. The van der Waals surface area contributed by atoms with Gasteiger partial charge < -0.3 is 10.3 Å². The minimum atomic E-state index is -0.165. The topological polar surface area (TPSA) is 44.9 Å². The van der Waals surface area contributed by atoms with Crippen LogP contribution in [0.15, 0.2) is 12.7 Å². The third-order valence-corrected chi connectivity index (χ3v) is 5.86. The monoisotopic (exact) mass is 342 g/mol. The Morgan fingerprint density at radius 3 is 2.56 bits per heavy atom. The maximum Gasteiger partial charge on any atom is 0.141 e. The second-order valence-electron chi connectivity index (χ2n) is 7.34. The SMILES string of the molecule is C=C/C=c1/[nH]c2c(/c1=C/C)C1NCCC(C(=O)C1CC)C2(C)C.CC. The van der Waals surface area contributed by atoms with Crippen LogP contribution in [0.1, 0.15) is 71.7 Å². The van der Waals surface area contributed by atoms with Gasteiger partial charge in [0.05, 0.1) is 0 Å². The van der Waals surface area contributed by atoms with Gasteiger partial charge in [-0.15, -0.1) is 0 Å². The van der Waals surface area contributed by atoms with Crippen LogP contribution in [-0.4, -0.2) is 17.3 Å². The molecule has 1 saturated heterocycles. The molecule has 1 aromatic heterocycles. The van der Waals surface area contributed by atoms with Crippen molar-refractivity contribution < 1.29 is 4.79 Å². The average Bonchev–Trinajstić information content (AvgIpc) is 2.85. The minimum absolute atomic E-state index is 0.0640. The number of carbonyl (C=O) groups is 1. The predicted molar refractivity (Wildman–Crippen MR) is 107 cm³/mol. The van der Waals surface area contributed by atoms with Crippen LogP contribution >= 0.6 is 0 Å². The molecule has 1 aromatic rings. The van der Waals surface area contributed by atoms with Crippen LogP contribution in [0.3, 0.4) is 0 Å². The molecule has 3 heteroatoms. The molecule has 2 bridgehead atoms. The lowest BCUT2D eigenvalue weighted by Crippen LogP contribution is -2.37. The van der Waals surface area contributed by atoms with Gasteiger partial charge in [0.1, 0.15) is 5.78 Å². The summed E-state index contributed by atoms with van der Waals surface area (Å²) in [4.78, 5) is 16.8. The fourth-order valence-electron chi connectivity index (χ4n) is 4.66. The third-order valence-electron chi connectivity index (χ3n) is 5.86. The molecule has 3 unspecified atom stereocenters. The summed E-state index contributed by atoms with van der Waals surface area (Å²) in [6, 6.07) is 0.115. The van der Waals surface area contributed by atoms with Gasteiger partial charge in [-0.1, -0.05) is 53.3 Å². The van der Waals surface area contributed by atoms with Crippen molar-refractivity contribution in [3.63, 3.8) is 0 Å². The Morgan fingerprint density at radius 1 is 1.32 bits per heavy atom. The molecule has 2 aliphatic rings. The molecule has 3 atom stereocenters. The Balaban J connectivity index is 0.00000109. The van der Waals surface area contributed by atoms with Crippen molar-refractivity contribution in [2.75, 3.05) is 6.54 Å². The highest BCUT2D eigenvalue weighted by Gasteiger charge is 2.49. The molecule has 1 aliphatic heterocycles. The Kier molecular flexibility index (Phi) is 6.10. The van der Waals surface area contributed by atoms with E-state index in [1.165, 1.54) is 16.5 Å². The number of ketones is 1. The number of carbonyl (C=O) groups excluding carboxylic acids is 1. The molecular weight excluding hydrogens is 308 g/mol. The summed E-state index contributed by atoms with van der Waals surface area (Å²) in [5, 5.41) is 6.00. The van der Waals surface area contributed by atoms with Crippen LogP contribution in [-0.2, 0) is 10.2 Å². The van der Waals surface area contributed by atoms with Gasteiger partial charge >= 0.3 is 0 Å². The summed E-state index contributed by atoms with van der Waals surface area (Å²) in [5.41, 5.74) is 2.36. The summed E-state index contributed by atoms with van der Waals surface area (Å²) in [6.45, 7) is 17.4. The Morgan fingerprint density at radius 2 is 2.00 bits per heavy atom. The largest absolute Gasteiger partial charge is 0.358 e. The molecule has 0 aromatic carbocycles. The van der Waals surface area contributed by atoms with Gasteiger partial charge in [-0.3, -0.25) is 4.79 Å². The van der Waals surface area contributed by atoms with E-state index in [9.17, 15) is 4.79 Å². The number of allylic oxidation sites excluding steroid dienone is 1. The van der Waals surface area contributed by atoms with E-state index in [1.54, 1.807) is 0 Å². The second-order valence-corrected chi connectivity index (χ2v) is 7.34. The first kappa shape index (κ1) is 19.7. The molecule has 0 amide bonds. The Bertz CT molecular complexity index is 754. The summed E-state index contributed by atoms with van der Waals surface area (Å²) in [6.07, 6.45) is 7.83. The maximum absolute atomic E-state index is 13.2. The molecule has 0 radical (unpaired) electrons. The highest BCUT2D eigenvalue weighted by atomic mass is 16.1. The smallest absolute Gasteiger partial charge is 0.141 e. The summed E-state index contributed by atoms with van der Waals surface area (Å²) < 4.78 is 0. The van der Waals surface area contributed by atoms with Gasteiger partial charge in [0.15, 0.2) is 0 Å². The molecular formula is C22H34N2O. The first-order valence-electron chi connectivity index (χ1n) is 9.75. The molecule has 2 heterocycles. The van der Waals surface area contributed by atoms with Crippen molar-refractivity contribution in [1.82, 2.24) is 10.3 Å². The second kappa shape index (κ2) is 7.74. The van der Waals surface area contributed by atoms with Crippen LogP contribution in [0.25, 0.3) is 12.2 Å². The summed E-state index contributed by atoms with van der Waals surface area (Å²) >= 11 is 0. The zero-order valence-corrected chi connectivity index (χ0v) is 16.7. The molecule has 0 spiro atoms. The van der Waals surface area contributed by atoms with E-state index in [-0.39, 0.29) is 23.3 Å². The van der Waals surface area contributed by atoms with E-state index in [0.717, 1.165) is 24.7 Å². The molecule has 138 valence electrons. The molecule has 25 heavy (non-hydrogen) atoms. The lowest BCUT2D eigenvalue weighted by Gasteiger charge is -2.33. The fourth-order valence-corrected chi connectivity index (χ4v) is 4.66. The predicted octanol–water partition coefficient (Wildman–Crippen LogP) is 3.34. The van der Waals surface area contributed by atoms with Crippen LogP contribution in [0.2, 0.25) is 0 Å². The number of aromatic amines is 1. The molecule has 3 rings (SSSR count). The van der Waals surface area contributed by atoms with Crippen molar-refractivity contribution in [3.05, 3.63) is 34.5 Å². The Hall–Kier alpha value is -1.61. The van der Waals surface area contributed by atoms with Crippen LogP contribution in [0.4, 0.5) is 0 Å². The quantitative estimate of drug-likeness (QED) is 0.866. The number of hydrogen-bond donors (Lipinski definition) is 2. The van der Waals surface area contributed by atoms with Gasteiger partial charge in [0.25, 0.3) is 0 Å². The van der Waals surface area contributed by atoms with Crippen LogP contribution in [0, 0.1) is 11.8 Å². The van der Waals surface area contributed by atoms with E-state index >= 15 is 0 Å². The van der Waals surface area contributed by atoms with Crippen molar-refractivity contribution in [1.29, 1.82) is 0 Å². The van der Waals surface area contributed by atoms with E-state index in [0.29, 0.717) is 5.78 Å². The molecule has 1 fully saturated rings. The lowest BCUT2D eigenvalue weighted by molar-refractivity contribution is -0.128. The number of aromatic nitrogens is 1. The first-order chi connectivity index (χ1) is 12.0. The van der Waals surface area contributed by atoms with E-state index in [2.05, 4.69) is 50.7 Å². The number of nitrogens with one attached hydrogen (secondary N) is 2. The highest BCUT2D eigenvalue weighted by Crippen LogP contribution is 2.45. The number of rotatable bonds is 2. The normalized spacial score (nSPS) is 28.7. The minimum Gasteiger partial charge on any atom is -0.358 e. The number of H-pyrrole nitrogens is 1. The zero-order chi connectivity index (χ0) is 18.8. The van der Waals surface area contributed by atoms with Crippen molar-refractivity contribution in [2.24, 2.45) is 11.8 Å². The summed E-state index contributed by atoms with van der Waals surface area (Å²) in [5.74, 6) is 0.577. The standard InChI is InChI=1S/C20H28N2O.C2H6/c1-6-9-15-12(7-2)16-17-13(8-3)18(23)14(10-11-21-17)20(4,5)19(16)22-15;1-2/h6-7,9,13-14,17,21-22H,1,8,10-11H2,2-5H3;1-2H3/b12-7+,15-9+;. The van der Waals surface area contributed by atoms with Gasteiger partial charge in [-0.25, -0.2) is 0 Å². The molecule has 0 saturated carbocycles. The maximum atomic E-state index is 13.2. The first-order valence-corrected chi connectivity index (χ1v) is 9.75. The van der Waals surface area contributed by atoms with E-state index in [4.69, 9.17) is 0 Å². The van der Waals surface area contributed by atoms with Crippen molar-refractivity contribution >= 4 is 17.9 Å². The van der Waals surface area contributed by atoms with Crippen LogP contribution < -0.4 is 15.9 Å². The molecule has 2 N–H and O–H groups in total. The number of Topliss-reactive ketones (excluding diaryl/α,β-unsaturated/α-hetero) is 1. The van der Waals surface area contributed by atoms with Crippen molar-refractivity contribution in [2.45, 2.75) is 65.8 Å². The third kappa shape index (κ3) is 3.03. The average molecular weight is 343 g/mol.